The number of methoxy groups -OCH3 is 1. The molecule has 140 valence electrons. The van der Waals surface area contributed by atoms with Crippen molar-refractivity contribution in [2.75, 3.05) is 26.7 Å². The molecule has 1 aromatic rings. The molecule has 0 unspecified atom stereocenters. The van der Waals surface area contributed by atoms with Gasteiger partial charge in [0.05, 0.1) is 13.0 Å². The topological polar surface area (TPSA) is 75.7 Å². The Kier molecular flexibility index (Phi) is 6.46. The molecule has 0 saturated carbocycles. The van der Waals surface area contributed by atoms with Crippen LogP contribution in [0, 0.1) is 5.92 Å². The SMILES string of the molecule is CCNC(=O)[C@@H]1CCCN(S(=O)(=O)c2cc(C(C)C)ccc2OC)C1. The highest BCUT2D eigenvalue weighted by Gasteiger charge is 2.34. The van der Waals surface area contributed by atoms with E-state index in [1.165, 1.54) is 11.4 Å². The van der Waals surface area contributed by atoms with Gasteiger partial charge in [-0.3, -0.25) is 4.79 Å². The minimum absolute atomic E-state index is 0.0784. The Bertz CT molecular complexity index is 716. The third-order valence-electron chi connectivity index (χ3n) is 4.58. The highest BCUT2D eigenvalue weighted by Crippen LogP contribution is 2.32. The first kappa shape index (κ1) is 19.7. The molecule has 1 atom stereocenters. The number of nitrogens with one attached hydrogen (secondary N) is 1. The first-order valence-electron chi connectivity index (χ1n) is 8.77. The molecule has 1 N–H and O–H groups in total. The van der Waals surface area contributed by atoms with Crippen LogP contribution in [-0.2, 0) is 14.8 Å². The predicted octanol–water partition coefficient (Wildman–Crippen LogP) is 2.36. The molecular weight excluding hydrogens is 340 g/mol. The van der Waals surface area contributed by atoms with Crippen molar-refractivity contribution < 1.29 is 17.9 Å². The van der Waals surface area contributed by atoms with Crippen LogP contribution in [-0.4, -0.2) is 45.4 Å². The molecule has 6 nitrogen and oxygen atoms in total. The van der Waals surface area contributed by atoms with Crippen molar-refractivity contribution in [2.45, 2.75) is 44.4 Å². The molecule has 1 aliphatic heterocycles. The second kappa shape index (κ2) is 8.19. The third-order valence-corrected chi connectivity index (χ3v) is 6.46. The molecule has 1 fully saturated rings. The maximum Gasteiger partial charge on any atom is 0.246 e. The van der Waals surface area contributed by atoms with E-state index in [1.807, 2.05) is 26.8 Å². The molecule has 0 spiro atoms. The minimum atomic E-state index is -3.71. The van der Waals surface area contributed by atoms with Gasteiger partial charge in [0, 0.05) is 19.6 Å². The van der Waals surface area contributed by atoms with Gasteiger partial charge in [0.2, 0.25) is 15.9 Å². The molecule has 0 aliphatic carbocycles. The molecule has 0 radical (unpaired) electrons. The zero-order chi connectivity index (χ0) is 18.6. The van der Waals surface area contributed by atoms with Crippen molar-refractivity contribution in [3.05, 3.63) is 23.8 Å². The number of rotatable bonds is 6. The van der Waals surface area contributed by atoms with Gasteiger partial charge in [-0.25, -0.2) is 8.42 Å². The molecule has 0 aromatic heterocycles. The number of carbonyl (C=O) groups excluding carboxylic acids is 1. The number of sulfonamides is 1. The van der Waals surface area contributed by atoms with E-state index >= 15 is 0 Å². The van der Waals surface area contributed by atoms with Crippen molar-refractivity contribution >= 4 is 15.9 Å². The summed E-state index contributed by atoms with van der Waals surface area (Å²) in [6.45, 7) is 7.08. The molecule has 7 heteroatoms. The van der Waals surface area contributed by atoms with E-state index in [0.717, 1.165) is 5.56 Å². The lowest BCUT2D eigenvalue weighted by Crippen LogP contribution is -2.45. The van der Waals surface area contributed by atoms with Gasteiger partial charge in [-0.15, -0.1) is 0 Å². The van der Waals surface area contributed by atoms with Gasteiger partial charge < -0.3 is 10.1 Å². The van der Waals surface area contributed by atoms with Gasteiger partial charge in [0.25, 0.3) is 0 Å². The van der Waals surface area contributed by atoms with E-state index in [1.54, 1.807) is 12.1 Å². The number of hydrogen-bond acceptors (Lipinski definition) is 4. The first-order valence-corrected chi connectivity index (χ1v) is 10.2. The number of carbonyl (C=O) groups is 1. The summed E-state index contributed by atoms with van der Waals surface area (Å²) in [4.78, 5) is 12.3. The van der Waals surface area contributed by atoms with Crippen LogP contribution in [0.2, 0.25) is 0 Å². The lowest BCUT2D eigenvalue weighted by atomic mass is 9.99. The smallest absolute Gasteiger partial charge is 0.246 e. The van der Waals surface area contributed by atoms with Crippen LogP contribution >= 0.6 is 0 Å². The van der Waals surface area contributed by atoms with Gasteiger partial charge in [-0.05, 0) is 43.4 Å². The third kappa shape index (κ3) is 4.33. The number of ether oxygens (including phenoxy) is 1. The lowest BCUT2D eigenvalue weighted by molar-refractivity contribution is -0.125. The fourth-order valence-electron chi connectivity index (χ4n) is 3.09. The number of benzene rings is 1. The van der Waals surface area contributed by atoms with E-state index in [9.17, 15) is 13.2 Å². The van der Waals surface area contributed by atoms with E-state index < -0.39 is 10.0 Å². The Morgan fingerprint density at radius 2 is 2.12 bits per heavy atom. The van der Waals surface area contributed by atoms with Crippen LogP contribution in [0.1, 0.15) is 45.1 Å². The summed E-state index contributed by atoms with van der Waals surface area (Å²) in [7, 11) is -2.24. The molecule has 1 aliphatic rings. The summed E-state index contributed by atoms with van der Waals surface area (Å²) >= 11 is 0. The van der Waals surface area contributed by atoms with Crippen LogP contribution < -0.4 is 10.1 Å². The molecule has 1 amide bonds. The molecule has 1 heterocycles. The first-order chi connectivity index (χ1) is 11.8. The monoisotopic (exact) mass is 368 g/mol. The summed E-state index contributed by atoms with van der Waals surface area (Å²) in [5.74, 6) is 0.168. The van der Waals surface area contributed by atoms with Gasteiger partial charge in [0.15, 0.2) is 0 Å². The number of piperidine rings is 1. The van der Waals surface area contributed by atoms with Gasteiger partial charge >= 0.3 is 0 Å². The van der Waals surface area contributed by atoms with E-state index in [-0.39, 0.29) is 29.2 Å². The zero-order valence-electron chi connectivity index (χ0n) is 15.4. The van der Waals surface area contributed by atoms with E-state index in [0.29, 0.717) is 31.7 Å². The Hall–Kier alpha value is -1.60. The highest BCUT2D eigenvalue weighted by atomic mass is 32.2. The highest BCUT2D eigenvalue weighted by molar-refractivity contribution is 7.89. The van der Waals surface area contributed by atoms with Crippen molar-refractivity contribution in [3.63, 3.8) is 0 Å². The molecule has 2 rings (SSSR count). The fraction of sp³-hybridized carbons (Fsp3) is 0.611. The van der Waals surface area contributed by atoms with Gasteiger partial charge in [-0.2, -0.15) is 4.31 Å². The average molecular weight is 368 g/mol. The van der Waals surface area contributed by atoms with Gasteiger partial charge in [-0.1, -0.05) is 19.9 Å². The summed E-state index contributed by atoms with van der Waals surface area (Å²) < 4.78 is 33.1. The Morgan fingerprint density at radius 1 is 1.40 bits per heavy atom. The normalized spacial score (nSPS) is 19.0. The summed E-state index contributed by atoms with van der Waals surface area (Å²) in [5, 5.41) is 2.79. The number of amides is 1. The molecule has 25 heavy (non-hydrogen) atoms. The van der Waals surface area contributed by atoms with Crippen LogP contribution in [0.25, 0.3) is 0 Å². The maximum absolute atomic E-state index is 13.2. The maximum atomic E-state index is 13.2. The van der Waals surface area contributed by atoms with Crippen molar-refractivity contribution in [2.24, 2.45) is 5.92 Å². The Balaban J connectivity index is 2.34. The quantitative estimate of drug-likeness (QED) is 0.836. The summed E-state index contributed by atoms with van der Waals surface area (Å²) in [6.07, 6.45) is 1.38. The van der Waals surface area contributed by atoms with E-state index in [2.05, 4.69) is 5.32 Å². The van der Waals surface area contributed by atoms with Crippen LogP contribution in [0.4, 0.5) is 0 Å². The average Bonchev–Trinajstić information content (AvgIpc) is 2.61. The van der Waals surface area contributed by atoms with Crippen LogP contribution in [0.3, 0.4) is 0 Å². The van der Waals surface area contributed by atoms with Gasteiger partial charge in [0.1, 0.15) is 10.6 Å². The van der Waals surface area contributed by atoms with E-state index in [4.69, 9.17) is 4.74 Å². The van der Waals surface area contributed by atoms with Crippen molar-refractivity contribution in [1.29, 1.82) is 0 Å². The largest absolute Gasteiger partial charge is 0.495 e. The lowest BCUT2D eigenvalue weighted by Gasteiger charge is -2.31. The van der Waals surface area contributed by atoms with Crippen molar-refractivity contribution in [1.82, 2.24) is 9.62 Å². The van der Waals surface area contributed by atoms with Crippen LogP contribution in [0.15, 0.2) is 23.1 Å². The number of nitrogens with zero attached hydrogens (tertiary/aromatic N) is 1. The summed E-state index contributed by atoms with van der Waals surface area (Å²) in [6, 6.07) is 5.28. The van der Waals surface area contributed by atoms with Crippen LogP contribution in [0.5, 0.6) is 5.75 Å². The molecule has 1 saturated heterocycles. The predicted molar refractivity (Wildman–Crippen MR) is 97.2 cm³/mol. The Labute approximate surface area is 150 Å². The molecule has 1 aromatic carbocycles. The second-order valence-corrected chi connectivity index (χ2v) is 8.57. The second-order valence-electron chi connectivity index (χ2n) is 6.66. The zero-order valence-corrected chi connectivity index (χ0v) is 16.2. The van der Waals surface area contributed by atoms with Crippen molar-refractivity contribution in [3.8, 4) is 5.75 Å². The summed E-state index contributed by atoms with van der Waals surface area (Å²) in [5.41, 5.74) is 0.941. The molecular formula is C18H28N2O4S. The fourth-order valence-corrected chi connectivity index (χ4v) is 4.80. The molecule has 0 bridgehead atoms. The minimum Gasteiger partial charge on any atom is -0.495 e. The number of hydrogen-bond donors (Lipinski definition) is 1. The Morgan fingerprint density at radius 3 is 2.72 bits per heavy atom. The standard InChI is InChI=1S/C18H28N2O4S/c1-5-19-18(21)15-7-6-10-20(12-15)25(22,23)17-11-14(13(2)3)8-9-16(17)24-4/h8-9,11,13,15H,5-7,10,12H2,1-4H3,(H,19,21)/t15-/m1/s1.